The molecule has 5 unspecified atom stereocenters. The zero-order chi connectivity index (χ0) is 22.0. The zero-order valence-electron chi connectivity index (χ0n) is 16.0. The molecule has 0 rings (SSSR count). The highest BCUT2D eigenvalue weighted by atomic mass is 16.4. The van der Waals surface area contributed by atoms with Gasteiger partial charge in [0.05, 0.1) is 19.1 Å². The third-order valence-corrected chi connectivity index (χ3v) is 4.08. The molecule has 8 N–H and O–H groups in total. The van der Waals surface area contributed by atoms with Crippen molar-refractivity contribution in [3.8, 4) is 0 Å². The van der Waals surface area contributed by atoms with Gasteiger partial charge < -0.3 is 37.0 Å². The van der Waals surface area contributed by atoms with Gasteiger partial charge in [-0.25, -0.2) is 4.79 Å². The Bertz CT molecular complexity index is 597. The molecule has 28 heavy (non-hydrogen) atoms. The molecule has 0 aromatic carbocycles. The summed E-state index contributed by atoms with van der Waals surface area (Å²) in [6.07, 6.45) is -0.163. The molecular formula is C16H28N4O8. The van der Waals surface area contributed by atoms with Crippen LogP contribution < -0.4 is 21.7 Å². The third kappa shape index (κ3) is 8.31. The molecule has 0 aromatic heterocycles. The van der Waals surface area contributed by atoms with Crippen molar-refractivity contribution in [2.45, 2.75) is 57.8 Å². The summed E-state index contributed by atoms with van der Waals surface area (Å²) in [5.74, 6) is -5.51. The van der Waals surface area contributed by atoms with Crippen LogP contribution in [-0.2, 0) is 24.0 Å². The number of hydrogen-bond donors (Lipinski definition) is 7. The highest BCUT2D eigenvalue weighted by molar-refractivity contribution is 5.94. The zero-order valence-corrected chi connectivity index (χ0v) is 16.0. The molecule has 0 saturated heterocycles. The summed E-state index contributed by atoms with van der Waals surface area (Å²) < 4.78 is 0. The van der Waals surface area contributed by atoms with Gasteiger partial charge in [-0.15, -0.1) is 0 Å². The number of nitrogens with two attached hydrogens (primary N) is 1. The molecule has 0 heterocycles. The molecule has 0 aliphatic heterocycles. The maximum atomic E-state index is 12.2. The molecule has 0 saturated carbocycles. The Morgan fingerprint density at radius 3 is 1.93 bits per heavy atom. The quantitative estimate of drug-likeness (QED) is 0.181. The van der Waals surface area contributed by atoms with Gasteiger partial charge in [-0.05, 0) is 12.8 Å². The maximum absolute atomic E-state index is 12.2. The van der Waals surface area contributed by atoms with Crippen LogP contribution in [-0.4, -0.2) is 75.8 Å². The van der Waals surface area contributed by atoms with E-state index in [-0.39, 0.29) is 5.92 Å². The summed E-state index contributed by atoms with van der Waals surface area (Å²) in [7, 11) is 0. The minimum Gasteiger partial charge on any atom is -0.481 e. The predicted molar refractivity (Wildman–Crippen MR) is 95.9 cm³/mol. The smallest absolute Gasteiger partial charge is 0.326 e. The molecule has 12 nitrogen and oxygen atoms in total. The number of aliphatic hydroxyl groups excluding tert-OH is 1. The first kappa shape index (κ1) is 25.3. The first-order valence-corrected chi connectivity index (χ1v) is 8.66. The Labute approximate surface area is 161 Å². The molecule has 0 aliphatic carbocycles. The van der Waals surface area contributed by atoms with Crippen molar-refractivity contribution in [2.75, 3.05) is 6.61 Å². The van der Waals surface area contributed by atoms with Crippen molar-refractivity contribution < 1.29 is 39.3 Å². The van der Waals surface area contributed by atoms with E-state index in [0.717, 1.165) is 0 Å². The second-order valence-electron chi connectivity index (χ2n) is 6.39. The minimum absolute atomic E-state index is 0.343. The summed E-state index contributed by atoms with van der Waals surface area (Å²) in [4.78, 5) is 57.9. The molecule has 160 valence electrons. The number of nitrogens with one attached hydrogen (secondary N) is 3. The Morgan fingerprint density at radius 1 is 0.929 bits per heavy atom. The Morgan fingerprint density at radius 2 is 1.50 bits per heavy atom. The number of carboxylic acid groups (broad SMARTS) is 2. The molecule has 0 fully saturated rings. The summed E-state index contributed by atoms with van der Waals surface area (Å²) in [6.45, 7) is 3.90. The number of carboxylic acids is 2. The van der Waals surface area contributed by atoms with Crippen molar-refractivity contribution in [1.82, 2.24) is 16.0 Å². The fourth-order valence-corrected chi connectivity index (χ4v) is 2.09. The van der Waals surface area contributed by atoms with Gasteiger partial charge in [0.25, 0.3) is 0 Å². The number of carbonyl (C=O) groups excluding carboxylic acids is 3. The van der Waals surface area contributed by atoms with Gasteiger partial charge in [-0.1, -0.05) is 20.3 Å². The van der Waals surface area contributed by atoms with Crippen molar-refractivity contribution in [1.29, 1.82) is 0 Å². The monoisotopic (exact) mass is 404 g/mol. The Hall–Kier alpha value is -2.73. The molecular weight excluding hydrogens is 376 g/mol. The summed E-state index contributed by atoms with van der Waals surface area (Å²) in [6, 6.07) is -5.18. The lowest BCUT2D eigenvalue weighted by atomic mass is 9.99. The van der Waals surface area contributed by atoms with E-state index in [9.17, 15) is 34.2 Å². The molecule has 0 spiro atoms. The van der Waals surface area contributed by atoms with Crippen molar-refractivity contribution in [3.63, 3.8) is 0 Å². The second kappa shape index (κ2) is 11.9. The lowest BCUT2D eigenvalue weighted by molar-refractivity contribution is -0.143. The lowest BCUT2D eigenvalue weighted by Gasteiger charge is -2.24. The van der Waals surface area contributed by atoms with Crippen molar-refractivity contribution in [2.24, 2.45) is 11.7 Å². The van der Waals surface area contributed by atoms with Crippen molar-refractivity contribution >= 4 is 29.7 Å². The van der Waals surface area contributed by atoms with Crippen LogP contribution in [0.25, 0.3) is 0 Å². The number of hydrogen-bond acceptors (Lipinski definition) is 7. The highest BCUT2D eigenvalue weighted by Crippen LogP contribution is 2.08. The molecule has 0 aliphatic rings. The van der Waals surface area contributed by atoms with Crippen LogP contribution in [0.15, 0.2) is 0 Å². The van der Waals surface area contributed by atoms with E-state index in [1.807, 2.05) is 0 Å². The van der Waals surface area contributed by atoms with E-state index in [2.05, 4.69) is 16.0 Å². The fourth-order valence-electron chi connectivity index (χ4n) is 2.09. The van der Waals surface area contributed by atoms with E-state index in [0.29, 0.717) is 6.42 Å². The molecule has 0 radical (unpaired) electrons. The van der Waals surface area contributed by atoms with Crippen LogP contribution in [0.3, 0.4) is 0 Å². The SMILES string of the molecule is CCC(C)C(NC(=O)C(C)NC(=O)C(CO)NC(=O)C(N)CC(=O)O)C(=O)O. The van der Waals surface area contributed by atoms with Crippen LogP contribution in [0.5, 0.6) is 0 Å². The maximum Gasteiger partial charge on any atom is 0.326 e. The van der Waals surface area contributed by atoms with Gasteiger partial charge in [0.2, 0.25) is 17.7 Å². The minimum atomic E-state index is -1.47. The van der Waals surface area contributed by atoms with Crippen LogP contribution in [0.4, 0.5) is 0 Å². The molecule has 0 aromatic rings. The molecule has 12 heteroatoms. The Kier molecular flexibility index (Phi) is 10.7. The van der Waals surface area contributed by atoms with Crippen LogP contribution >= 0.6 is 0 Å². The van der Waals surface area contributed by atoms with E-state index >= 15 is 0 Å². The van der Waals surface area contributed by atoms with Crippen LogP contribution in [0, 0.1) is 5.92 Å². The van der Waals surface area contributed by atoms with Gasteiger partial charge >= 0.3 is 11.9 Å². The highest BCUT2D eigenvalue weighted by Gasteiger charge is 2.30. The average Bonchev–Trinajstić information content (AvgIpc) is 2.61. The number of aliphatic hydroxyl groups is 1. The largest absolute Gasteiger partial charge is 0.481 e. The number of aliphatic carboxylic acids is 2. The molecule has 0 bridgehead atoms. The number of carbonyl (C=O) groups is 5. The standard InChI is InChI=1S/C16H28N4O8/c1-4-7(2)12(16(27)28)20-13(24)8(3)18-15(26)10(6-21)19-14(25)9(17)5-11(22)23/h7-10,12,21H,4-6,17H2,1-3H3,(H,18,26)(H,19,25)(H,20,24)(H,22,23)(H,27,28). The second-order valence-corrected chi connectivity index (χ2v) is 6.39. The van der Waals surface area contributed by atoms with Crippen LogP contribution in [0.1, 0.15) is 33.6 Å². The van der Waals surface area contributed by atoms with E-state index in [4.69, 9.17) is 10.8 Å². The normalized spacial score (nSPS) is 16.0. The summed E-state index contributed by atoms with van der Waals surface area (Å²) >= 11 is 0. The molecule has 5 atom stereocenters. The van der Waals surface area contributed by atoms with E-state index in [1.165, 1.54) is 6.92 Å². The van der Waals surface area contributed by atoms with Gasteiger partial charge in [0.15, 0.2) is 0 Å². The topological polar surface area (TPSA) is 208 Å². The van der Waals surface area contributed by atoms with E-state index < -0.39 is 66.9 Å². The fraction of sp³-hybridized carbons (Fsp3) is 0.688. The van der Waals surface area contributed by atoms with Gasteiger partial charge in [0, 0.05) is 0 Å². The predicted octanol–water partition coefficient (Wildman–Crippen LogP) is -2.61. The molecule has 3 amide bonds. The third-order valence-electron chi connectivity index (χ3n) is 4.08. The first-order chi connectivity index (χ1) is 12.9. The number of rotatable bonds is 12. The van der Waals surface area contributed by atoms with Gasteiger partial charge in [0.1, 0.15) is 18.1 Å². The van der Waals surface area contributed by atoms with E-state index in [1.54, 1.807) is 13.8 Å². The first-order valence-electron chi connectivity index (χ1n) is 8.66. The summed E-state index contributed by atoms with van der Waals surface area (Å²) in [5, 5.41) is 33.7. The average molecular weight is 404 g/mol. The van der Waals surface area contributed by atoms with Crippen LogP contribution in [0.2, 0.25) is 0 Å². The lowest BCUT2D eigenvalue weighted by Crippen LogP contribution is -2.58. The van der Waals surface area contributed by atoms with Gasteiger partial charge in [-0.3, -0.25) is 19.2 Å². The summed E-state index contributed by atoms with van der Waals surface area (Å²) in [5.41, 5.74) is 5.37. The number of amides is 3. The Balaban J connectivity index is 4.86. The van der Waals surface area contributed by atoms with Crippen molar-refractivity contribution in [3.05, 3.63) is 0 Å². The van der Waals surface area contributed by atoms with Gasteiger partial charge in [-0.2, -0.15) is 0 Å².